The third-order valence-corrected chi connectivity index (χ3v) is 4.54. The fourth-order valence-electron chi connectivity index (χ4n) is 2.62. The number of nitrogens with zero attached hydrogens (tertiary/aromatic N) is 1. The number of carbonyl (C=O) groups is 1. The number of benzene rings is 1. The molecule has 0 heterocycles. The van der Waals surface area contributed by atoms with Crippen LogP contribution in [-0.4, -0.2) is 35.1 Å². The fourth-order valence-corrected chi connectivity index (χ4v) is 2.93. The van der Waals surface area contributed by atoms with E-state index in [-0.39, 0.29) is 5.91 Å². The van der Waals surface area contributed by atoms with Crippen molar-refractivity contribution in [2.45, 2.75) is 31.3 Å². The lowest BCUT2D eigenvalue weighted by Gasteiger charge is -2.27. The van der Waals surface area contributed by atoms with Gasteiger partial charge in [-0.15, -0.1) is 0 Å². The van der Waals surface area contributed by atoms with Crippen LogP contribution < -0.4 is 0 Å². The quantitative estimate of drug-likeness (QED) is 0.855. The number of aliphatic hydroxyl groups is 1. The second-order valence-electron chi connectivity index (χ2n) is 5.63. The van der Waals surface area contributed by atoms with Crippen molar-refractivity contribution in [1.29, 1.82) is 0 Å². The van der Waals surface area contributed by atoms with Gasteiger partial charge in [0.05, 0.1) is 15.6 Å². The molecule has 1 aliphatic rings. The molecule has 0 saturated heterocycles. The molecule has 2 rings (SSSR count). The Balaban J connectivity index is 1.96. The Hall–Kier alpha value is -1.03. The zero-order valence-corrected chi connectivity index (χ0v) is 13.5. The van der Waals surface area contributed by atoms with E-state index in [2.05, 4.69) is 0 Å². The molecule has 1 aromatic rings. The summed E-state index contributed by atoms with van der Waals surface area (Å²) in [5.74, 6) is -0.138. The van der Waals surface area contributed by atoms with Crippen molar-refractivity contribution in [2.75, 3.05) is 13.6 Å². The highest BCUT2D eigenvalue weighted by molar-refractivity contribution is 6.42. The Morgan fingerprint density at radius 3 is 2.62 bits per heavy atom. The molecule has 0 aliphatic heterocycles. The maximum absolute atomic E-state index is 12.1. The smallest absolute Gasteiger partial charge is 0.246 e. The van der Waals surface area contributed by atoms with Crippen molar-refractivity contribution < 1.29 is 9.90 Å². The Labute approximate surface area is 135 Å². The van der Waals surface area contributed by atoms with E-state index in [0.29, 0.717) is 16.6 Å². The van der Waals surface area contributed by atoms with Gasteiger partial charge in [-0.25, -0.2) is 0 Å². The number of likely N-dealkylation sites (N-methyl/N-ethyl adjacent to an activating group) is 1. The number of hydrogen-bond acceptors (Lipinski definition) is 2. The summed E-state index contributed by atoms with van der Waals surface area (Å²) in [6.07, 6.45) is 6.76. The van der Waals surface area contributed by atoms with Gasteiger partial charge in [0.2, 0.25) is 5.91 Å². The summed E-state index contributed by atoms with van der Waals surface area (Å²) in [4.78, 5) is 13.6. The van der Waals surface area contributed by atoms with Gasteiger partial charge in [-0.3, -0.25) is 4.79 Å². The van der Waals surface area contributed by atoms with Crippen molar-refractivity contribution in [3.8, 4) is 0 Å². The Bertz CT molecular complexity index is 551. The predicted molar refractivity (Wildman–Crippen MR) is 86.6 cm³/mol. The van der Waals surface area contributed by atoms with Gasteiger partial charge in [-0.2, -0.15) is 0 Å². The van der Waals surface area contributed by atoms with Gasteiger partial charge in [0.25, 0.3) is 0 Å². The topological polar surface area (TPSA) is 40.5 Å². The summed E-state index contributed by atoms with van der Waals surface area (Å²) in [5.41, 5.74) is 0.0905. The van der Waals surface area contributed by atoms with Crippen molar-refractivity contribution >= 4 is 35.2 Å². The minimum Gasteiger partial charge on any atom is -0.388 e. The maximum atomic E-state index is 12.1. The molecule has 1 N–H and O–H groups in total. The first-order valence-electron chi connectivity index (χ1n) is 7.00. The lowest BCUT2D eigenvalue weighted by atomic mass is 10.0. The molecular weight excluding hydrogens is 309 g/mol. The van der Waals surface area contributed by atoms with Crippen molar-refractivity contribution in [2.24, 2.45) is 0 Å². The number of rotatable bonds is 4. The molecule has 0 bridgehead atoms. The largest absolute Gasteiger partial charge is 0.388 e. The molecule has 1 aliphatic carbocycles. The molecular formula is C16H19Cl2NO2. The standard InChI is InChI=1S/C16H19Cl2NO2/c1-19(11-16(21)8-2-3-9-16)15(20)7-5-12-4-6-13(17)14(18)10-12/h4-7,10,21H,2-3,8-9,11H2,1H3/b7-5+. The Morgan fingerprint density at radius 1 is 1.33 bits per heavy atom. The number of amides is 1. The normalized spacial score (nSPS) is 17.3. The highest BCUT2D eigenvalue weighted by Crippen LogP contribution is 2.30. The minimum atomic E-state index is -0.720. The molecule has 0 spiro atoms. The van der Waals surface area contributed by atoms with Crippen LogP contribution in [0.5, 0.6) is 0 Å². The van der Waals surface area contributed by atoms with Gasteiger partial charge in [-0.05, 0) is 36.6 Å². The summed E-state index contributed by atoms with van der Waals surface area (Å²) < 4.78 is 0. The Morgan fingerprint density at radius 2 is 2.00 bits per heavy atom. The summed E-state index contributed by atoms with van der Waals surface area (Å²) in [5, 5.41) is 11.3. The van der Waals surface area contributed by atoms with E-state index in [9.17, 15) is 9.90 Å². The zero-order valence-electron chi connectivity index (χ0n) is 12.0. The molecule has 0 aromatic heterocycles. The van der Waals surface area contributed by atoms with Crippen LogP contribution >= 0.6 is 23.2 Å². The van der Waals surface area contributed by atoms with Crippen LogP contribution in [0.4, 0.5) is 0 Å². The van der Waals surface area contributed by atoms with Crippen LogP contribution in [0.2, 0.25) is 10.0 Å². The summed E-state index contributed by atoms with van der Waals surface area (Å²) >= 11 is 11.8. The van der Waals surface area contributed by atoms with Gasteiger partial charge in [-0.1, -0.05) is 42.1 Å². The SMILES string of the molecule is CN(CC1(O)CCCC1)C(=O)/C=C/c1ccc(Cl)c(Cl)c1. The van der Waals surface area contributed by atoms with E-state index in [1.807, 2.05) is 0 Å². The van der Waals surface area contributed by atoms with Gasteiger partial charge < -0.3 is 10.0 Å². The first-order chi connectivity index (χ1) is 9.89. The monoisotopic (exact) mass is 327 g/mol. The maximum Gasteiger partial charge on any atom is 0.246 e. The molecule has 114 valence electrons. The first kappa shape index (κ1) is 16.3. The summed E-state index contributed by atoms with van der Waals surface area (Å²) in [7, 11) is 1.71. The van der Waals surface area contributed by atoms with E-state index < -0.39 is 5.60 Å². The highest BCUT2D eigenvalue weighted by atomic mass is 35.5. The Kier molecular flexibility index (Phi) is 5.31. The zero-order chi connectivity index (χ0) is 15.5. The predicted octanol–water partition coefficient (Wildman–Crippen LogP) is 3.77. The van der Waals surface area contributed by atoms with E-state index in [4.69, 9.17) is 23.2 Å². The molecule has 21 heavy (non-hydrogen) atoms. The van der Waals surface area contributed by atoms with Gasteiger partial charge in [0.15, 0.2) is 0 Å². The molecule has 1 saturated carbocycles. The summed E-state index contributed by atoms with van der Waals surface area (Å²) in [6, 6.07) is 5.19. The second kappa shape index (κ2) is 6.82. The molecule has 3 nitrogen and oxygen atoms in total. The third kappa shape index (κ3) is 4.47. The number of hydrogen-bond donors (Lipinski definition) is 1. The lowest BCUT2D eigenvalue weighted by molar-refractivity contribution is -0.127. The molecule has 0 radical (unpaired) electrons. The molecule has 0 atom stereocenters. The van der Waals surface area contributed by atoms with Crippen LogP contribution in [0.25, 0.3) is 6.08 Å². The van der Waals surface area contributed by atoms with E-state index in [0.717, 1.165) is 31.2 Å². The number of carbonyl (C=O) groups excluding carboxylic acids is 1. The van der Waals surface area contributed by atoms with Crippen LogP contribution in [-0.2, 0) is 4.79 Å². The highest BCUT2D eigenvalue weighted by Gasteiger charge is 2.32. The second-order valence-corrected chi connectivity index (χ2v) is 6.45. The van der Waals surface area contributed by atoms with Gasteiger partial charge >= 0.3 is 0 Å². The van der Waals surface area contributed by atoms with Crippen LogP contribution in [0.1, 0.15) is 31.2 Å². The first-order valence-corrected chi connectivity index (χ1v) is 7.76. The molecule has 1 amide bonds. The average Bonchev–Trinajstić information content (AvgIpc) is 2.86. The van der Waals surface area contributed by atoms with Gasteiger partial charge in [0.1, 0.15) is 0 Å². The van der Waals surface area contributed by atoms with Gasteiger partial charge in [0, 0.05) is 19.7 Å². The number of halogens is 2. The molecule has 1 fully saturated rings. The van der Waals surface area contributed by atoms with Crippen LogP contribution in [0.3, 0.4) is 0 Å². The van der Waals surface area contributed by atoms with Crippen molar-refractivity contribution in [1.82, 2.24) is 4.90 Å². The lowest BCUT2D eigenvalue weighted by Crippen LogP contribution is -2.41. The third-order valence-electron chi connectivity index (χ3n) is 3.80. The van der Waals surface area contributed by atoms with Crippen molar-refractivity contribution in [3.63, 3.8) is 0 Å². The minimum absolute atomic E-state index is 0.138. The molecule has 0 unspecified atom stereocenters. The van der Waals surface area contributed by atoms with Crippen molar-refractivity contribution in [3.05, 3.63) is 39.9 Å². The summed E-state index contributed by atoms with van der Waals surface area (Å²) in [6.45, 7) is 0.373. The average molecular weight is 328 g/mol. The van der Waals surface area contributed by atoms with E-state index >= 15 is 0 Å². The molecule has 1 aromatic carbocycles. The van der Waals surface area contributed by atoms with E-state index in [1.165, 1.54) is 6.08 Å². The van der Waals surface area contributed by atoms with Crippen LogP contribution in [0.15, 0.2) is 24.3 Å². The fraction of sp³-hybridized carbons (Fsp3) is 0.438. The van der Waals surface area contributed by atoms with Crippen LogP contribution in [0, 0.1) is 0 Å². The van der Waals surface area contributed by atoms with E-state index in [1.54, 1.807) is 36.2 Å². The molecule has 5 heteroatoms.